The van der Waals surface area contributed by atoms with Crippen LogP contribution in [0.5, 0.6) is 0 Å². The molecule has 7 nitrogen and oxygen atoms in total. The molecule has 1 fully saturated rings. The van der Waals surface area contributed by atoms with E-state index >= 15 is 0 Å². The lowest BCUT2D eigenvalue weighted by atomic mass is 10.0. The predicted octanol–water partition coefficient (Wildman–Crippen LogP) is 3.26. The molecule has 3 aromatic rings. The van der Waals surface area contributed by atoms with Gasteiger partial charge in [0.15, 0.2) is 5.11 Å². The molecule has 2 aromatic carbocycles. The summed E-state index contributed by atoms with van der Waals surface area (Å²) in [6, 6.07) is 13.1. The number of carbonyl (C=O) groups excluding carboxylic acids is 3. The van der Waals surface area contributed by atoms with Crippen LogP contribution < -0.4 is 10.2 Å². The van der Waals surface area contributed by atoms with Gasteiger partial charge in [0.2, 0.25) is 0 Å². The van der Waals surface area contributed by atoms with Gasteiger partial charge in [-0.05, 0) is 49.8 Å². The van der Waals surface area contributed by atoms with E-state index in [-0.39, 0.29) is 17.2 Å². The van der Waals surface area contributed by atoms with Crippen molar-refractivity contribution in [2.45, 2.75) is 20.4 Å². The van der Waals surface area contributed by atoms with Crippen LogP contribution in [0.1, 0.15) is 16.7 Å². The molecule has 8 heteroatoms. The fraction of sp³-hybridized carbons (Fsp3) is 0.167. The molecule has 0 radical (unpaired) electrons. The summed E-state index contributed by atoms with van der Waals surface area (Å²) in [6.45, 7) is 3.86. The van der Waals surface area contributed by atoms with Crippen molar-refractivity contribution in [2.24, 2.45) is 0 Å². The van der Waals surface area contributed by atoms with Crippen molar-refractivity contribution < 1.29 is 19.1 Å². The number of ether oxygens (including phenoxy) is 1. The van der Waals surface area contributed by atoms with Crippen LogP contribution in [-0.2, 0) is 25.7 Å². The third-order valence-corrected chi connectivity index (χ3v) is 5.63. The van der Waals surface area contributed by atoms with Crippen molar-refractivity contribution >= 4 is 57.8 Å². The van der Waals surface area contributed by atoms with Gasteiger partial charge >= 0.3 is 5.97 Å². The van der Waals surface area contributed by atoms with Gasteiger partial charge in [-0.15, -0.1) is 0 Å². The Morgan fingerprint density at radius 1 is 1.16 bits per heavy atom. The van der Waals surface area contributed by atoms with Crippen LogP contribution in [0.15, 0.2) is 54.2 Å². The number of fused-ring (bicyclic) bond motifs is 1. The first-order valence-corrected chi connectivity index (χ1v) is 10.3. The van der Waals surface area contributed by atoms with Gasteiger partial charge < -0.3 is 9.30 Å². The van der Waals surface area contributed by atoms with E-state index in [9.17, 15) is 14.4 Å². The maximum absolute atomic E-state index is 13.4. The Morgan fingerprint density at radius 2 is 1.91 bits per heavy atom. The van der Waals surface area contributed by atoms with Crippen LogP contribution in [-0.4, -0.2) is 34.6 Å². The van der Waals surface area contributed by atoms with Gasteiger partial charge in [0.25, 0.3) is 11.8 Å². The highest BCUT2D eigenvalue weighted by molar-refractivity contribution is 7.80. The molecule has 1 aliphatic rings. The van der Waals surface area contributed by atoms with E-state index in [1.807, 2.05) is 56.3 Å². The molecule has 4 rings (SSSR count). The summed E-state index contributed by atoms with van der Waals surface area (Å²) in [5, 5.41) is 3.46. The molecule has 0 saturated carbocycles. The summed E-state index contributed by atoms with van der Waals surface area (Å²) in [4.78, 5) is 39.3. The SMILES string of the molecule is COC(=O)Cn1cc(/C=C2\C(=O)NC(=S)N(c3ccc(C)cc3C)C2=O)c2ccccc21. The predicted molar refractivity (Wildman–Crippen MR) is 126 cm³/mol. The number of anilines is 1. The van der Waals surface area contributed by atoms with Gasteiger partial charge in [-0.25, -0.2) is 0 Å². The van der Waals surface area contributed by atoms with Gasteiger partial charge in [-0.3, -0.25) is 24.6 Å². The van der Waals surface area contributed by atoms with Crippen molar-refractivity contribution in [3.63, 3.8) is 0 Å². The molecule has 1 aliphatic heterocycles. The first-order valence-electron chi connectivity index (χ1n) is 9.93. The van der Waals surface area contributed by atoms with Crippen molar-refractivity contribution in [2.75, 3.05) is 12.0 Å². The Labute approximate surface area is 190 Å². The van der Waals surface area contributed by atoms with Crippen LogP contribution in [0.3, 0.4) is 0 Å². The van der Waals surface area contributed by atoms with Gasteiger partial charge in [0.1, 0.15) is 12.1 Å². The third kappa shape index (κ3) is 3.80. The van der Waals surface area contributed by atoms with Crippen LogP contribution in [0, 0.1) is 13.8 Å². The summed E-state index contributed by atoms with van der Waals surface area (Å²) >= 11 is 5.31. The number of hydrogen-bond donors (Lipinski definition) is 1. The highest BCUT2D eigenvalue weighted by Gasteiger charge is 2.35. The van der Waals surface area contributed by atoms with Crippen LogP contribution in [0.25, 0.3) is 17.0 Å². The zero-order chi connectivity index (χ0) is 23.0. The van der Waals surface area contributed by atoms with E-state index in [4.69, 9.17) is 17.0 Å². The van der Waals surface area contributed by atoms with Crippen molar-refractivity contribution in [3.05, 3.63) is 70.9 Å². The first-order chi connectivity index (χ1) is 15.3. The molecule has 0 bridgehead atoms. The zero-order valence-corrected chi connectivity index (χ0v) is 18.7. The summed E-state index contributed by atoms with van der Waals surface area (Å²) in [5.41, 5.74) is 3.92. The zero-order valence-electron chi connectivity index (χ0n) is 17.8. The summed E-state index contributed by atoms with van der Waals surface area (Å²) < 4.78 is 6.50. The molecule has 2 heterocycles. The summed E-state index contributed by atoms with van der Waals surface area (Å²) in [7, 11) is 1.33. The lowest BCUT2D eigenvalue weighted by Crippen LogP contribution is -2.54. The minimum atomic E-state index is -0.564. The van der Waals surface area contributed by atoms with E-state index in [1.165, 1.54) is 18.1 Å². The minimum Gasteiger partial charge on any atom is -0.468 e. The number of hydrogen-bond acceptors (Lipinski definition) is 5. The van der Waals surface area contributed by atoms with Crippen molar-refractivity contribution in [1.82, 2.24) is 9.88 Å². The van der Waals surface area contributed by atoms with E-state index in [0.717, 1.165) is 22.0 Å². The number of nitrogens with one attached hydrogen (secondary N) is 1. The molecule has 32 heavy (non-hydrogen) atoms. The second-order valence-electron chi connectivity index (χ2n) is 7.55. The van der Waals surface area contributed by atoms with E-state index in [2.05, 4.69) is 5.32 Å². The molecule has 162 valence electrons. The number of amides is 2. The topological polar surface area (TPSA) is 80.6 Å². The average molecular weight is 448 g/mol. The fourth-order valence-corrected chi connectivity index (χ4v) is 4.09. The van der Waals surface area contributed by atoms with Gasteiger partial charge in [-0.2, -0.15) is 0 Å². The van der Waals surface area contributed by atoms with Crippen LogP contribution >= 0.6 is 12.2 Å². The van der Waals surface area contributed by atoms with Crippen LogP contribution in [0.4, 0.5) is 5.69 Å². The number of aromatic nitrogens is 1. The van der Waals surface area contributed by atoms with Gasteiger partial charge in [0, 0.05) is 22.7 Å². The maximum Gasteiger partial charge on any atom is 0.325 e. The molecule has 2 amide bonds. The van der Waals surface area contributed by atoms with Crippen molar-refractivity contribution in [3.8, 4) is 0 Å². The van der Waals surface area contributed by atoms with Gasteiger partial charge in [0.05, 0.1) is 12.8 Å². The number of para-hydroxylation sites is 1. The van der Waals surface area contributed by atoms with E-state index in [1.54, 1.807) is 10.8 Å². The second-order valence-corrected chi connectivity index (χ2v) is 7.94. The quantitative estimate of drug-likeness (QED) is 0.287. The Morgan fingerprint density at radius 3 is 2.62 bits per heavy atom. The number of carbonyl (C=O) groups is 3. The number of nitrogens with zero attached hydrogens (tertiary/aromatic N) is 2. The van der Waals surface area contributed by atoms with Crippen LogP contribution in [0.2, 0.25) is 0 Å². The molecule has 0 atom stereocenters. The smallest absolute Gasteiger partial charge is 0.325 e. The monoisotopic (exact) mass is 447 g/mol. The third-order valence-electron chi connectivity index (χ3n) is 5.34. The first kappa shape index (κ1) is 21.5. The summed E-state index contributed by atoms with van der Waals surface area (Å²) in [5.74, 6) is -1.47. The highest BCUT2D eigenvalue weighted by atomic mass is 32.1. The molecule has 0 spiro atoms. The average Bonchev–Trinajstić information content (AvgIpc) is 3.09. The Hall–Kier alpha value is -3.78. The number of methoxy groups -OCH3 is 1. The molecule has 0 aliphatic carbocycles. The molecule has 1 N–H and O–H groups in total. The lowest BCUT2D eigenvalue weighted by molar-refractivity contribution is -0.141. The Balaban J connectivity index is 1.80. The van der Waals surface area contributed by atoms with E-state index in [0.29, 0.717) is 11.3 Å². The van der Waals surface area contributed by atoms with Crippen molar-refractivity contribution in [1.29, 1.82) is 0 Å². The molecule has 0 unspecified atom stereocenters. The number of benzene rings is 2. The number of esters is 1. The number of thiocarbonyl (C=S) groups is 1. The molecule has 1 aromatic heterocycles. The largest absolute Gasteiger partial charge is 0.468 e. The normalized spacial score (nSPS) is 15.4. The molecule has 1 saturated heterocycles. The fourth-order valence-electron chi connectivity index (χ4n) is 3.81. The maximum atomic E-state index is 13.4. The standard InChI is InChI=1S/C24H21N3O4S/c1-14-8-9-19(15(2)10-14)27-23(30)18(22(29)25-24(27)32)11-16-12-26(13-21(28)31-3)20-7-5-4-6-17(16)20/h4-12H,13H2,1-3H3,(H,25,29,32)/b18-11+. The summed E-state index contributed by atoms with van der Waals surface area (Å²) in [6.07, 6.45) is 3.26. The number of rotatable bonds is 4. The minimum absolute atomic E-state index is 0.0130. The second kappa shape index (κ2) is 8.39. The highest BCUT2D eigenvalue weighted by Crippen LogP contribution is 2.28. The Bertz CT molecular complexity index is 1320. The number of aryl methyl sites for hydroxylation is 2. The molecular formula is C24H21N3O4S. The molecular weight excluding hydrogens is 426 g/mol. The van der Waals surface area contributed by atoms with E-state index < -0.39 is 17.8 Å². The lowest BCUT2D eigenvalue weighted by Gasteiger charge is -2.30. The Kier molecular flexibility index (Phi) is 5.63. The van der Waals surface area contributed by atoms with Gasteiger partial charge in [-0.1, -0.05) is 35.9 Å².